The van der Waals surface area contributed by atoms with Gasteiger partial charge in [0, 0.05) is 28.8 Å². The summed E-state index contributed by atoms with van der Waals surface area (Å²) in [6, 6.07) is 22.0. The third-order valence-electron chi connectivity index (χ3n) is 6.63. The molecule has 0 bridgehead atoms. The van der Waals surface area contributed by atoms with Crippen molar-refractivity contribution in [1.29, 1.82) is 0 Å². The van der Waals surface area contributed by atoms with Crippen LogP contribution >= 0.6 is 0 Å². The van der Waals surface area contributed by atoms with Crippen molar-refractivity contribution in [2.45, 2.75) is 37.8 Å². The van der Waals surface area contributed by atoms with Gasteiger partial charge in [0.2, 0.25) is 0 Å². The van der Waals surface area contributed by atoms with Crippen LogP contribution in [0.1, 0.15) is 56.7 Å². The molecule has 5 nitrogen and oxygen atoms in total. The van der Waals surface area contributed by atoms with E-state index < -0.39 is 45.8 Å². The van der Waals surface area contributed by atoms with E-state index in [9.17, 15) is 41.3 Å². The number of hydrogen-bond donors (Lipinski definition) is 1. The molecule has 0 aromatic heterocycles. The smallest absolute Gasteiger partial charge is 0.303 e. The maximum Gasteiger partial charge on any atom is 0.416 e. The number of nitro benzene ring substituents is 1. The van der Waals surface area contributed by atoms with E-state index in [0.29, 0.717) is 12.1 Å². The standard InChI is InChI=1S/C31H24F6N2O3/c1-19(38-28(20-8-4-2-5-9-20)21-10-6-3-7-11-21)14-23-15-22(12-13-27(23)39(41)42)29(40)24-16-25(30(32,33)34)18-26(17-24)31(35,36)37/h2-13,15-19,28,38H,14H2,1H3. The van der Waals surface area contributed by atoms with Gasteiger partial charge in [0.05, 0.1) is 22.1 Å². The Labute approximate surface area is 237 Å². The van der Waals surface area contributed by atoms with Crippen molar-refractivity contribution >= 4 is 11.5 Å². The van der Waals surface area contributed by atoms with Gasteiger partial charge in [-0.1, -0.05) is 60.7 Å². The number of alkyl halides is 6. The molecule has 4 rings (SSSR count). The SMILES string of the molecule is CC(Cc1cc(C(=O)c2cc(C(F)(F)F)cc(C(F)(F)F)c2)ccc1[N+](=O)[O-])NC(c1ccccc1)c1ccccc1. The summed E-state index contributed by atoms with van der Waals surface area (Å²) >= 11 is 0. The summed E-state index contributed by atoms with van der Waals surface area (Å²) < 4.78 is 80.0. The molecule has 42 heavy (non-hydrogen) atoms. The molecule has 1 atom stereocenters. The number of nitro groups is 1. The molecule has 4 aromatic carbocycles. The van der Waals surface area contributed by atoms with Crippen LogP contribution in [0.5, 0.6) is 0 Å². The van der Waals surface area contributed by atoms with Crippen molar-refractivity contribution in [3.05, 3.63) is 146 Å². The molecule has 0 aliphatic heterocycles. The summed E-state index contributed by atoms with van der Waals surface area (Å²) in [5, 5.41) is 15.2. The monoisotopic (exact) mass is 586 g/mol. The number of rotatable bonds is 9. The van der Waals surface area contributed by atoms with Gasteiger partial charge in [-0.2, -0.15) is 26.3 Å². The van der Waals surface area contributed by atoms with Crippen molar-refractivity contribution in [2.24, 2.45) is 0 Å². The van der Waals surface area contributed by atoms with Gasteiger partial charge < -0.3 is 5.32 Å². The van der Waals surface area contributed by atoms with Crippen molar-refractivity contribution in [3.8, 4) is 0 Å². The van der Waals surface area contributed by atoms with E-state index in [4.69, 9.17) is 0 Å². The van der Waals surface area contributed by atoms with E-state index in [2.05, 4.69) is 5.32 Å². The number of carbonyl (C=O) groups is 1. The zero-order valence-electron chi connectivity index (χ0n) is 22.0. The fraction of sp³-hybridized carbons (Fsp3) is 0.194. The molecule has 0 heterocycles. The molecule has 0 saturated carbocycles. The van der Waals surface area contributed by atoms with Crippen LogP contribution in [-0.2, 0) is 18.8 Å². The highest BCUT2D eigenvalue weighted by molar-refractivity contribution is 6.09. The number of carbonyl (C=O) groups excluding carboxylic acids is 1. The quantitative estimate of drug-likeness (QED) is 0.0930. The highest BCUT2D eigenvalue weighted by Crippen LogP contribution is 2.37. The third kappa shape index (κ3) is 7.22. The summed E-state index contributed by atoms with van der Waals surface area (Å²) in [4.78, 5) is 24.3. The molecule has 0 spiro atoms. The zero-order chi connectivity index (χ0) is 30.7. The Balaban J connectivity index is 1.68. The van der Waals surface area contributed by atoms with Gasteiger partial charge in [-0.05, 0) is 54.8 Å². The fourth-order valence-electron chi connectivity index (χ4n) is 4.67. The zero-order valence-corrected chi connectivity index (χ0v) is 22.0. The lowest BCUT2D eigenvalue weighted by atomic mass is 9.94. The Kier molecular flexibility index (Phi) is 8.81. The lowest BCUT2D eigenvalue weighted by molar-refractivity contribution is -0.385. The average Bonchev–Trinajstić information content (AvgIpc) is 2.95. The van der Waals surface area contributed by atoms with Crippen LogP contribution in [-0.4, -0.2) is 16.7 Å². The van der Waals surface area contributed by atoms with Crippen LogP contribution in [0.15, 0.2) is 97.1 Å². The Morgan fingerprint density at radius 2 is 1.26 bits per heavy atom. The van der Waals surface area contributed by atoms with Crippen LogP contribution in [0.3, 0.4) is 0 Å². The topological polar surface area (TPSA) is 72.2 Å². The Morgan fingerprint density at radius 1 is 0.762 bits per heavy atom. The van der Waals surface area contributed by atoms with Crippen molar-refractivity contribution in [3.63, 3.8) is 0 Å². The van der Waals surface area contributed by atoms with Crippen molar-refractivity contribution < 1.29 is 36.1 Å². The first-order valence-electron chi connectivity index (χ1n) is 12.7. The molecule has 0 aliphatic rings. The van der Waals surface area contributed by atoms with Crippen molar-refractivity contribution in [2.75, 3.05) is 0 Å². The van der Waals surface area contributed by atoms with Crippen LogP contribution in [0.2, 0.25) is 0 Å². The largest absolute Gasteiger partial charge is 0.416 e. The minimum Gasteiger partial charge on any atom is -0.303 e. The fourth-order valence-corrected chi connectivity index (χ4v) is 4.67. The van der Waals surface area contributed by atoms with E-state index in [0.717, 1.165) is 29.3 Å². The second kappa shape index (κ2) is 12.2. The van der Waals surface area contributed by atoms with Crippen LogP contribution < -0.4 is 5.32 Å². The predicted molar refractivity (Wildman–Crippen MR) is 144 cm³/mol. The van der Waals surface area contributed by atoms with Crippen molar-refractivity contribution in [1.82, 2.24) is 5.32 Å². The molecule has 1 N–H and O–H groups in total. The number of nitrogens with one attached hydrogen (secondary N) is 1. The van der Waals surface area contributed by atoms with Gasteiger partial charge in [-0.15, -0.1) is 0 Å². The number of nitrogens with zero attached hydrogens (tertiary/aromatic N) is 1. The van der Waals surface area contributed by atoms with E-state index in [1.54, 1.807) is 6.92 Å². The number of hydrogen-bond acceptors (Lipinski definition) is 4. The summed E-state index contributed by atoms with van der Waals surface area (Å²) in [7, 11) is 0. The molecule has 0 aliphatic carbocycles. The number of ketones is 1. The van der Waals surface area contributed by atoms with Gasteiger partial charge in [0.25, 0.3) is 5.69 Å². The van der Waals surface area contributed by atoms with E-state index in [1.807, 2.05) is 60.7 Å². The van der Waals surface area contributed by atoms with E-state index >= 15 is 0 Å². The predicted octanol–water partition coefficient (Wildman–Crippen LogP) is 8.17. The minimum absolute atomic E-state index is 0.0317. The summed E-state index contributed by atoms with van der Waals surface area (Å²) in [5.41, 5.74) is -2.76. The Bertz CT molecular complexity index is 1500. The summed E-state index contributed by atoms with van der Waals surface area (Å²) in [5.74, 6) is -1.13. The van der Waals surface area contributed by atoms with Gasteiger partial charge in [0.15, 0.2) is 5.78 Å². The van der Waals surface area contributed by atoms with Gasteiger partial charge in [-0.3, -0.25) is 14.9 Å². The van der Waals surface area contributed by atoms with Gasteiger partial charge in [0.1, 0.15) is 0 Å². The first kappa shape index (κ1) is 30.4. The molecular formula is C31H24F6N2O3. The second-order valence-corrected chi connectivity index (χ2v) is 9.75. The number of halogens is 6. The Hall–Kier alpha value is -4.51. The maximum atomic E-state index is 13.3. The maximum absolute atomic E-state index is 13.3. The molecule has 1 unspecified atom stereocenters. The molecule has 4 aromatic rings. The molecule has 0 radical (unpaired) electrons. The third-order valence-corrected chi connectivity index (χ3v) is 6.63. The van der Waals surface area contributed by atoms with E-state index in [-0.39, 0.29) is 35.3 Å². The van der Waals surface area contributed by atoms with Gasteiger partial charge >= 0.3 is 12.4 Å². The first-order chi connectivity index (χ1) is 19.7. The normalized spacial score (nSPS) is 12.8. The molecule has 218 valence electrons. The lowest BCUT2D eigenvalue weighted by Crippen LogP contribution is -2.33. The summed E-state index contributed by atoms with van der Waals surface area (Å²) in [6.07, 6.45) is -10.2. The van der Waals surface area contributed by atoms with Crippen LogP contribution in [0.25, 0.3) is 0 Å². The Morgan fingerprint density at radius 3 is 1.71 bits per heavy atom. The van der Waals surface area contributed by atoms with Gasteiger partial charge in [-0.25, -0.2) is 0 Å². The molecule has 0 amide bonds. The summed E-state index contributed by atoms with van der Waals surface area (Å²) in [6.45, 7) is 1.78. The molecular weight excluding hydrogens is 562 g/mol. The average molecular weight is 587 g/mol. The first-order valence-corrected chi connectivity index (χ1v) is 12.7. The molecule has 11 heteroatoms. The van der Waals surface area contributed by atoms with Crippen LogP contribution in [0.4, 0.5) is 32.0 Å². The molecule has 0 fully saturated rings. The highest BCUT2D eigenvalue weighted by atomic mass is 19.4. The second-order valence-electron chi connectivity index (χ2n) is 9.75. The van der Waals surface area contributed by atoms with E-state index in [1.165, 1.54) is 0 Å². The molecule has 0 saturated heterocycles. The number of benzene rings is 4. The minimum atomic E-state index is -5.13. The highest BCUT2D eigenvalue weighted by Gasteiger charge is 2.37. The lowest BCUT2D eigenvalue weighted by Gasteiger charge is -2.24. The van der Waals surface area contributed by atoms with Crippen LogP contribution in [0, 0.1) is 10.1 Å².